The molecule has 0 unspecified atom stereocenters. The fourth-order valence-electron chi connectivity index (χ4n) is 2.67. The van der Waals surface area contributed by atoms with Gasteiger partial charge in [0.15, 0.2) is 5.78 Å². The smallest absolute Gasteiger partial charge is 0.417 e. The van der Waals surface area contributed by atoms with Gasteiger partial charge >= 0.3 is 6.09 Å². The number of unbranched alkanes of at least 4 members (excludes halogenated alkanes) is 6. The number of allylic oxidation sites excluding steroid dienone is 1. The lowest BCUT2D eigenvalue weighted by molar-refractivity contribution is -0.124. The van der Waals surface area contributed by atoms with Crippen LogP contribution in [0, 0.1) is 0 Å². The number of Topliss-reactive ketones (excluding diaryl/α,β-unsaturated/α-hetero) is 1. The number of aliphatic hydroxyl groups excluding tert-OH is 1. The van der Waals surface area contributed by atoms with Crippen molar-refractivity contribution in [1.82, 2.24) is 4.90 Å². The van der Waals surface area contributed by atoms with Crippen molar-refractivity contribution in [2.45, 2.75) is 84.7 Å². The zero-order valence-electron chi connectivity index (χ0n) is 15.9. The molecule has 0 atom stereocenters. The molecule has 1 rings (SSSR count). The molecular weight excluding hydrogens is 322 g/mol. The predicted octanol–water partition coefficient (Wildman–Crippen LogP) is 4.29. The van der Waals surface area contributed by atoms with Crippen LogP contribution in [-0.4, -0.2) is 39.9 Å². The molecule has 6 heteroatoms. The number of nitrogens with zero attached hydrogens (tertiary/aromatic N) is 1. The summed E-state index contributed by atoms with van der Waals surface area (Å²) in [5.74, 6) is -1.51. The van der Waals surface area contributed by atoms with Gasteiger partial charge in [-0.1, -0.05) is 45.4 Å². The van der Waals surface area contributed by atoms with Crippen LogP contribution in [0.3, 0.4) is 0 Å². The van der Waals surface area contributed by atoms with E-state index in [0.717, 1.165) is 24.2 Å². The van der Waals surface area contributed by atoms with Crippen molar-refractivity contribution in [3.8, 4) is 0 Å². The first-order chi connectivity index (χ1) is 11.7. The number of imide groups is 1. The van der Waals surface area contributed by atoms with Crippen LogP contribution in [0.25, 0.3) is 0 Å². The number of rotatable bonds is 8. The summed E-state index contributed by atoms with van der Waals surface area (Å²) in [5, 5.41) is 10.1. The Morgan fingerprint density at radius 1 is 1.08 bits per heavy atom. The number of likely N-dealkylation sites (tertiary alicyclic amines) is 1. The lowest BCUT2D eigenvalue weighted by Gasteiger charge is -2.22. The van der Waals surface area contributed by atoms with Crippen molar-refractivity contribution < 1.29 is 24.2 Å². The molecule has 1 saturated heterocycles. The summed E-state index contributed by atoms with van der Waals surface area (Å²) >= 11 is 0. The van der Waals surface area contributed by atoms with Gasteiger partial charge in [-0.3, -0.25) is 9.59 Å². The summed E-state index contributed by atoms with van der Waals surface area (Å²) in [4.78, 5) is 37.1. The topological polar surface area (TPSA) is 83.9 Å². The molecule has 0 spiro atoms. The van der Waals surface area contributed by atoms with Crippen molar-refractivity contribution in [2.24, 2.45) is 0 Å². The normalized spacial score (nSPS) is 17.2. The zero-order valence-corrected chi connectivity index (χ0v) is 15.9. The number of hydrogen-bond donors (Lipinski definition) is 1. The second-order valence-electron chi connectivity index (χ2n) is 7.49. The quantitative estimate of drug-likeness (QED) is 0.305. The Morgan fingerprint density at radius 3 is 2.20 bits per heavy atom. The summed E-state index contributed by atoms with van der Waals surface area (Å²) in [6, 6.07) is 0. The molecule has 1 fully saturated rings. The minimum absolute atomic E-state index is 0.213. The molecular formula is C19H31NO5. The number of amides is 2. The van der Waals surface area contributed by atoms with Crippen molar-refractivity contribution in [3.05, 3.63) is 11.3 Å². The first kappa shape index (κ1) is 21.2. The Bertz CT molecular complexity index is 530. The minimum atomic E-state index is -0.857. The van der Waals surface area contributed by atoms with Gasteiger partial charge < -0.3 is 9.84 Å². The third-order valence-corrected chi connectivity index (χ3v) is 3.96. The lowest BCUT2D eigenvalue weighted by atomic mass is 10.1. The highest BCUT2D eigenvalue weighted by atomic mass is 16.6. The van der Waals surface area contributed by atoms with Gasteiger partial charge in [0.05, 0.1) is 6.54 Å². The highest BCUT2D eigenvalue weighted by Crippen LogP contribution is 2.22. The maximum absolute atomic E-state index is 12.3. The van der Waals surface area contributed by atoms with E-state index in [9.17, 15) is 19.5 Å². The highest BCUT2D eigenvalue weighted by molar-refractivity contribution is 6.28. The SMILES string of the molecule is CCCCCCCCC/C(O)=C1\C(=O)CN(C(=O)OC(C)(C)C)C1=O. The van der Waals surface area contributed by atoms with Crippen molar-refractivity contribution in [1.29, 1.82) is 0 Å². The monoisotopic (exact) mass is 353 g/mol. The maximum atomic E-state index is 12.3. The molecule has 0 aliphatic carbocycles. The fourth-order valence-corrected chi connectivity index (χ4v) is 2.67. The Morgan fingerprint density at radius 2 is 1.64 bits per heavy atom. The number of carbonyl (C=O) groups excluding carboxylic acids is 3. The summed E-state index contributed by atoms with van der Waals surface area (Å²) in [5.41, 5.74) is -1.02. The highest BCUT2D eigenvalue weighted by Gasteiger charge is 2.41. The molecule has 0 aromatic carbocycles. The Balaban J connectivity index is 2.56. The van der Waals surface area contributed by atoms with E-state index in [2.05, 4.69) is 6.92 Å². The van der Waals surface area contributed by atoms with Crippen LogP contribution < -0.4 is 0 Å². The molecule has 0 aromatic rings. The van der Waals surface area contributed by atoms with E-state index in [-0.39, 0.29) is 24.3 Å². The molecule has 25 heavy (non-hydrogen) atoms. The summed E-state index contributed by atoms with van der Waals surface area (Å²) < 4.78 is 5.12. The van der Waals surface area contributed by atoms with Gasteiger partial charge in [-0.25, -0.2) is 9.69 Å². The summed E-state index contributed by atoms with van der Waals surface area (Å²) in [6.07, 6.45) is 6.97. The van der Waals surface area contributed by atoms with E-state index < -0.39 is 23.4 Å². The van der Waals surface area contributed by atoms with Gasteiger partial charge in [-0.05, 0) is 27.2 Å². The Kier molecular flexibility index (Phi) is 8.13. The van der Waals surface area contributed by atoms with Crippen LogP contribution in [0.15, 0.2) is 11.3 Å². The number of hydrogen-bond acceptors (Lipinski definition) is 5. The zero-order chi connectivity index (χ0) is 19.0. The average Bonchev–Trinajstić information content (AvgIpc) is 2.79. The molecule has 1 N–H and O–H groups in total. The molecule has 0 bridgehead atoms. The van der Waals surface area contributed by atoms with E-state index in [1.807, 2.05) is 0 Å². The number of aliphatic hydroxyl groups is 1. The molecule has 2 amide bonds. The molecule has 1 heterocycles. The third kappa shape index (κ3) is 6.88. The second-order valence-corrected chi connectivity index (χ2v) is 7.49. The van der Waals surface area contributed by atoms with Crippen molar-refractivity contribution in [3.63, 3.8) is 0 Å². The van der Waals surface area contributed by atoms with Gasteiger partial charge in [0, 0.05) is 6.42 Å². The number of ether oxygens (including phenoxy) is 1. The standard InChI is InChI=1S/C19H31NO5/c1-5-6-7-8-9-10-11-12-14(21)16-15(22)13-20(17(16)23)18(24)25-19(2,3)4/h21H,5-13H2,1-4H3/b16-14-. The van der Waals surface area contributed by atoms with Crippen LogP contribution in [-0.2, 0) is 14.3 Å². The van der Waals surface area contributed by atoms with E-state index in [1.54, 1.807) is 20.8 Å². The summed E-state index contributed by atoms with van der Waals surface area (Å²) in [7, 11) is 0. The van der Waals surface area contributed by atoms with Gasteiger partial charge in [-0.15, -0.1) is 0 Å². The average molecular weight is 353 g/mol. The van der Waals surface area contributed by atoms with Gasteiger partial charge in [0.2, 0.25) is 0 Å². The largest absolute Gasteiger partial charge is 0.511 e. The Hall–Kier alpha value is -1.85. The maximum Gasteiger partial charge on any atom is 0.417 e. The van der Waals surface area contributed by atoms with Crippen LogP contribution in [0.2, 0.25) is 0 Å². The van der Waals surface area contributed by atoms with Crippen molar-refractivity contribution >= 4 is 17.8 Å². The van der Waals surface area contributed by atoms with E-state index in [0.29, 0.717) is 6.42 Å². The molecule has 0 saturated carbocycles. The van der Waals surface area contributed by atoms with Gasteiger partial charge in [0.25, 0.3) is 5.91 Å². The first-order valence-electron chi connectivity index (χ1n) is 9.17. The Labute approximate surface area is 150 Å². The molecule has 1 aliphatic rings. The predicted molar refractivity (Wildman–Crippen MR) is 95.2 cm³/mol. The van der Waals surface area contributed by atoms with Crippen molar-refractivity contribution in [2.75, 3.05) is 6.54 Å². The van der Waals surface area contributed by atoms with E-state index in [4.69, 9.17) is 4.74 Å². The van der Waals surface area contributed by atoms with Crippen LogP contribution >= 0.6 is 0 Å². The lowest BCUT2D eigenvalue weighted by Crippen LogP contribution is -2.38. The molecule has 1 aliphatic heterocycles. The number of carbonyl (C=O) groups is 3. The van der Waals surface area contributed by atoms with E-state index >= 15 is 0 Å². The van der Waals surface area contributed by atoms with E-state index in [1.165, 1.54) is 19.3 Å². The number of ketones is 1. The van der Waals surface area contributed by atoms with Gasteiger partial charge in [-0.2, -0.15) is 0 Å². The molecule has 142 valence electrons. The third-order valence-electron chi connectivity index (χ3n) is 3.96. The van der Waals surface area contributed by atoms with Crippen LogP contribution in [0.4, 0.5) is 4.79 Å². The molecule has 0 radical (unpaired) electrons. The minimum Gasteiger partial charge on any atom is -0.511 e. The first-order valence-corrected chi connectivity index (χ1v) is 9.17. The molecule has 6 nitrogen and oxygen atoms in total. The fraction of sp³-hybridized carbons (Fsp3) is 0.737. The van der Waals surface area contributed by atoms with Crippen LogP contribution in [0.1, 0.15) is 79.1 Å². The molecule has 0 aromatic heterocycles. The van der Waals surface area contributed by atoms with Crippen LogP contribution in [0.5, 0.6) is 0 Å². The summed E-state index contributed by atoms with van der Waals surface area (Å²) in [6.45, 7) is 6.84. The van der Waals surface area contributed by atoms with Gasteiger partial charge in [0.1, 0.15) is 16.9 Å². The second kappa shape index (κ2) is 9.59.